The smallest absolute Gasteiger partial charge is 0.410 e. The van der Waals surface area contributed by atoms with E-state index in [1.807, 2.05) is 45.9 Å². The lowest BCUT2D eigenvalue weighted by Crippen LogP contribution is -2.50. The highest BCUT2D eigenvalue weighted by atomic mass is 16.6. The molecule has 10 aromatic rings. The number of H-pyrrole nitrogens is 2. The third-order valence-corrected chi connectivity index (χ3v) is 15.5. The largest absolute Gasteiger partial charge is 0.444 e. The number of fused-ring (bicyclic) bond motifs is 4. The van der Waals surface area contributed by atoms with Crippen LogP contribution in [0.25, 0.3) is 78.0 Å². The molecule has 6 aromatic heterocycles. The predicted molar refractivity (Wildman–Crippen MR) is 314 cm³/mol. The molecule has 0 spiro atoms. The van der Waals surface area contributed by atoms with Crippen molar-refractivity contribution in [1.29, 1.82) is 0 Å². The van der Waals surface area contributed by atoms with Gasteiger partial charge in [0.05, 0.1) is 59.9 Å². The Labute approximate surface area is 468 Å². The molecular formula is C59H66N18O4. The Kier molecular flexibility index (Phi) is 13.9. The van der Waals surface area contributed by atoms with Crippen molar-refractivity contribution in [1.82, 2.24) is 69.6 Å². The summed E-state index contributed by atoms with van der Waals surface area (Å²) in [6, 6.07) is 29.7. The summed E-state index contributed by atoms with van der Waals surface area (Å²) < 4.78 is 21.4. The van der Waals surface area contributed by atoms with Gasteiger partial charge in [-0.2, -0.15) is 10.2 Å². The van der Waals surface area contributed by atoms with Crippen molar-refractivity contribution in [2.24, 2.45) is 0 Å². The molecule has 416 valence electrons. The van der Waals surface area contributed by atoms with E-state index in [2.05, 4.69) is 138 Å². The number of para-hydroxylation sites is 2. The summed E-state index contributed by atoms with van der Waals surface area (Å²) in [4.78, 5) is 53.0. The molecule has 0 atom stereocenters. The lowest BCUT2D eigenvalue weighted by molar-refractivity contribution is 0.0240. The van der Waals surface area contributed by atoms with Crippen LogP contribution in [0.15, 0.2) is 97.6 Å². The van der Waals surface area contributed by atoms with Crippen LogP contribution in [-0.4, -0.2) is 181 Å². The molecule has 0 unspecified atom stereocenters. The Balaban J connectivity index is 0.000000155. The lowest BCUT2D eigenvalue weighted by Gasteiger charge is -2.36. The Morgan fingerprint density at radius 3 is 1.44 bits per heavy atom. The molecule has 22 nitrogen and oxygen atoms in total. The molecule has 4 aliphatic rings. The van der Waals surface area contributed by atoms with Crippen molar-refractivity contribution in [3.63, 3.8) is 0 Å². The fourth-order valence-corrected chi connectivity index (χ4v) is 11.5. The maximum atomic E-state index is 12.7. The van der Waals surface area contributed by atoms with Crippen LogP contribution in [0.2, 0.25) is 0 Å². The molecule has 10 heterocycles. The molecule has 4 fully saturated rings. The number of morpholine rings is 2. The number of pyridine rings is 2. The second-order valence-electron chi connectivity index (χ2n) is 21.8. The first-order chi connectivity index (χ1) is 39.5. The average Bonchev–Trinajstić information content (AvgIpc) is 4.43. The zero-order valence-electron chi connectivity index (χ0n) is 46.4. The quantitative estimate of drug-likeness (QED) is 0.134. The van der Waals surface area contributed by atoms with Crippen molar-refractivity contribution >= 4 is 73.0 Å². The number of carbonyl (C=O) groups excluding carboxylic acids is 1. The van der Waals surface area contributed by atoms with Crippen LogP contribution >= 0.6 is 0 Å². The van der Waals surface area contributed by atoms with Gasteiger partial charge in [-0.1, -0.05) is 36.4 Å². The molecule has 1 amide bonds. The van der Waals surface area contributed by atoms with Gasteiger partial charge in [0.2, 0.25) is 0 Å². The van der Waals surface area contributed by atoms with Crippen molar-refractivity contribution in [3.05, 3.63) is 109 Å². The number of aromatic nitrogens is 12. The number of aromatic amines is 2. The van der Waals surface area contributed by atoms with Gasteiger partial charge in [0, 0.05) is 124 Å². The lowest BCUT2D eigenvalue weighted by atomic mass is 10.1. The molecule has 0 radical (unpaired) electrons. The Hall–Kier alpha value is -8.73. The van der Waals surface area contributed by atoms with Gasteiger partial charge in [-0.3, -0.25) is 19.3 Å². The minimum Gasteiger partial charge on any atom is -0.444 e. The van der Waals surface area contributed by atoms with Crippen LogP contribution in [-0.2, 0) is 14.2 Å². The number of benzene rings is 4. The second kappa shape index (κ2) is 21.7. The Bertz CT molecular complexity index is 3880. The number of aryl methyl sites for hydroxylation is 2. The molecule has 0 aliphatic carbocycles. The van der Waals surface area contributed by atoms with Gasteiger partial charge >= 0.3 is 6.09 Å². The minimum atomic E-state index is -0.524. The summed E-state index contributed by atoms with van der Waals surface area (Å²) in [5.41, 5.74) is 11.3. The van der Waals surface area contributed by atoms with E-state index in [4.69, 9.17) is 34.1 Å². The average molecular weight is 1090 g/mol. The van der Waals surface area contributed by atoms with E-state index < -0.39 is 5.60 Å². The summed E-state index contributed by atoms with van der Waals surface area (Å²) in [7, 11) is 0. The van der Waals surface area contributed by atoms with E-state index >= 15 is 0 Å². The summed E-state index contributed by atoms with van der Waals surface area (Å²) in [6.07, 6.45) is 2.80. The molecule has 4 saturated heterocycles. The SMILES string of the molecule is Cc1nc2c(-c3ncn[nH]3)cc(N3CCOCC3)cc2n1-c1cc(N2CCN(C(=O)OC(C)(C)C)CC2)nc2ccccc12.Cc1nc2c(-c3ncn[nH]3)cc(N3CCOCC3)cc2n1-c1cc(N2CCNCC2)nc2ccccc12. The van der Waals surface area contributed by atoms with Gasteiger partial charge in [0.25, 0.3) is 0 Å². The molecule has 0 bridgehead atoms. The van der Waals surface area contributed by atoms with Gasteiger partial charge in [-0.15, -0.1) is 0 Å². The number of carbonyl (C=O) groups is 1. The molecule has 3 N–H and O–H groups in total. The van der Waals surface area contributed by atoms with Crippen molar-refractivity contribution < 1.29 is 19.0 Å². The van der Waals surface area contributed by atoms with Gasteiger partial charge in [0.15, 0.2) is 11.6 Å². The van der Waals surface area contributed by atoms with Gasteiger partial charge in [0.1, 0.15) is 52.6 Å². The summed E-state index contributed by atoms with van der Waals surface area (Å²) in [5, 5.41) is 19.9. The maximum absolute atomic E-state index is 12.7. The van der Waals surface area contributed by atoms with E-state index in [1.54, 1.807) is 11.2 Å². The van der Waals surface area contributed by atoms with Crippen molar-refractivity contribution in [2.45, 2.75) is 40.2 Å². The highest BCUT2D eigenvalue weighted by molar-refractivity contribution is 5.99. The number of rotatable bonds is 8. The maximum Gasteiger partial charge on any atom is 0.410 e. The standard InChI is InChI=1S/C32H37N9O3.C27H29N9O/c1-21-35-29-24(30-33-20-34-37-30)17-22(38-13-15-43-16-14-38)18-27(29)41(21)26-19-28(36-25-8-6-5-7-23(25)26)39-9-11-40(12-10-39)31(42)44-32(2,3)4;1-18-31-26-21(27-29-17-30-33-27)14-19(34-10-12-37-13-11-34)15-24(26)36(18)23-16-25(35-8-6-28-7-9-35)32-22-5-3-2-4-20(22)23/h5-8,17-20H,9-16H2,1-4H3,(H,33,34,37);2-5,14-17,28H,6-13H2,1H3,(H,29,30,33). The number of hydrogen-bond donors (Lipinski definition) is 3. The van der Waals surface area contributed by atoms with Crippen molar-refractivity contribution in [2.75, 3.05) is 125 Å². The number of imidazole rings is 2. The molecule has 81 heavy (non-hydrogen) atoms. The second-order valence-corrected chi connectivity index (χ2v) is 21.8. The van der Waals surface area contributed by atoms with Gasteiger partial charge in [-0.05, 0) is 71.0 Å². The summed E-state index contributed by atoms with van der Waals surface area (Å²) >= 11 is 0. The van der Waals surface area contributed by atoms with E-state index in [0.29, 0.717) is 51.0 Å². The van der Waals surface area contributed by atoms with Gasteiger partial charge in [-0.25, -0.2) is 34.7 Å². The van der Waals surface area contributed by atoms with E-state index in [1.165, 1.54) is 6.33 Å². The molecule has 14 rings (SSSR count). The fourth-order valence-electron chi connectivity index (χ4n) is 11.5. The molecular weight excluding hydrogens is 1020 g/mol. The number of nitrogens with one attached hydrogen (secondary N) is 3. The van der Waals surface area contributed by atoms with Crippen LogP contribution in [0.4, 0.5) is 27.8 Å². The number of anilines is 4. The minimum absolute atomic E-state index is 0.275. The number of hydrogen-bond acceptors (Lipinski definition) is 17. The first-order valence-corrected chi connectivity index (χ1v) is 27.9. The Morgan fingerprint density at radius 2 is 1.00 bits per heavy atom. The van der Waals surface area contributed by atoms with E-state index in [0.717, 1.165) is 167 Å². The topological polar surface area (TPSA) is 218 Å². The van der Waals surface area contributed by atoms with Crippen LogP contribution < -0.4 is 24.9 Å². The summed E-state index contributed by atoms with van der Waals surface area (Å²) in [5.74, 6) is 5.03. The monoisotopic (exact) mass is 1090 g/mol. The highest BCUT2D eigenvalue weighted by Crippen LogP contribution is 2.39. The predicted octanol–water partition coefficient (Wildman–Crippen LogP) is 7.47. The third-order valence-electron chi connectivity index (χ3n) is 15.5. The number of ether oxygens (including phenoxy) is 3. The highest BCUT2D eigenvalue weighted by Gasteiger charge is 2.29. The molecule has 4 aliphatic heterocycles. The normalized spacial score (nSPS) is 16.4. The van der Waals surface area contributed by atoms with Crippen LogP contribution in [0, 0.1) is 13.8 Å². The zero-order chi connectivity index (χ0) is 55.2. The van der Waals surface area contributed by atoms with Crippen LogP contribution in [0.3, 0.4) is 0 Å². The number of nitrogens with zero attached hydrogens (tertiary/aromatic N) is 15. The Morgan fingerprint density at radius 1 is 0.543 bits per heavy atom. The first-order valence-electron chi connectivity index (χ1n) is 27.9. The first kappa shape index (κ1) is 51.7. The van der Waals surface area contributed by atoms with Gasteiger partial charge < -0.3 is 44.0 Å². The van der Waals surface area contributed by atoms with Crippen molar-refractivity contribution in [3.8, 4) is 34.2 Å². The van der Waals surface area contributed by atoms with E-state index in [9.17, 15) is 4.79 Å². The number of amides is 1. The van der Waals surface area contributed by atoms with Crippen LogP contribution in [0.1, 0.15) is 32.4 Å². The zero-order valence-corrected chi connectivity index (χ0v) is 46.4. The van der Waals surface area contributed by atoms with Crippen LogP contribution in [0.5, 0.6) is 0 Å². The molecule has 22 heteroatoms. The molecule has 0 saturated carbocycles. The van der Waals surface area contributed by atoms with E-state index in [-0.39, 0.29) is 6.09 Å². The third kappa shape index (κ3) is 10.3. The number of piperazine rings is 2. The fraction of sp³-hybridized carbons (Fsp3) is 0.373. The molecule has 4 aromatic carbocycles. The summed E-state index contributed by atoms with van der Waals surface area (Å²) in [6.45, 7) is 22.1.